The molecule has 1 N–H and O–H groups in total. The molecule has 0 bridgehead atoms. The van der Waals surface area contributed by atoms with Crippen LogP contribution in [0.4, 0.5) is 5.69 Å². The molecule has 1 aliphatic rings. The highest BCUT2D eigenvalue weighted by Gasteiger charge is 2.27. The van der Waals surface area contributed by atoms with Gasteiger partial charge in [0.05, 0.1) is 10.7 Å². The zero-order chi connectivity index (χ0) is 24.3. The molecule has 1 fully saturated rings. The molecule has 2 aromatic carbocycles. The SMILES string of the molecule is C[C@@H](C(=O)NC1CCCCC1)N(CCc1ccccc1)C(=O)CSCc1ccc([N+](=O)[O-])cc1. The van der Waals surface area contributed by atoms with Crippen LogP contribution in [0, 0.1) is 10.1 Å². The third-order valence-electron chi connectivity index (χ3n) is 6.24. The van der Waals surface area contributed by atoms with Crippen LogP contribution in [0.25, 0.3) is 0 Å². The van der Waals surface area contributed by atoms with E-state index in [1.165, 1.54) is 30.3 Å². The lowest BCUT2D eigenvalue weighted by Gasteiger charge is -2.31. The van der Waals surface area contributed by atoms with E-state index in [2.05, 4.69) is 5.32 Å². The Bertz CT molecular complexity index is 946. The van der Waals surface area contributed by atoms with E-state index in [4.69, 9.17) is 0 Å². The van der Waals surface area contributed by atoms with Crippen molar-refractivity contribution in [1.82, 2.24) is 10.2 Å². The maximum atomic E-state index is 13.2. The highest BCUT2D eigenvalue weighted by Crippen LogP contribution is 2.19. The van der Waals surface area contributed by atoms with Gasteiger partial charge in [-0.1, -0.05) is 61.7 Å². The summed E-state index contributed by atoms with van der Waals surface area (Å²) in [6.07, 6.45) is 6.17. The number of nitrogens with one attached hydrogen (secondary N) is 1. The number of carbonyl (C=O) groups excluding carboxylic acids is 2. The van der Waals surface area contributed by atoms with Gasteiger partial charge in [0.1, 0.15) is 6.04 Å². The Morgan fingerprint density at radius 1 is 1.06 bits per heavy atom. The van der Waals surface area contributed by atoms with Crippen molar-refractivity contribution in [2.75, 3.05) is 12.3 Å². The monoisotopic (exact) mass is 483 g/mol. The van der Waals surface area contributed by atoms with Crippen molar-refractivity contribution in [3.8, 4) is 0 Å². The van der Waals surface area contributed by atoms with Crippen molar-refractivity contribution in [2.24, 2.45) is 0 Å². The van der Waals surface area contributed by atoms with Crippen molar-refractivity contribution < 1.29 is 14.5 Å². The molecule has 0 heterocycles. The molecule has 1 atom stereocenters. The van der Waals surface area contributed by atoms with E-state index in [1.54, 1.807) is 17.0 Å². The molecule has 182 valence electrons. The van der Waals surface area contributed by atoms with Gasteiger partial charge >= 0.3 is 0 Å². The summed E-state index contributed by atoms with van der Waals surface area (Å²) >= 11 is 1.45. The first kappa shape index (κ1) is 25.7. The average Bonchev–Trinajstić information content (AvgIpc) is 2.85. The third-order valence-corrected chi connectivity index (χ3v) is 7.23. The summed E-state index contributed by atoms with van der Waals surface area (Å²) in [5.41, 5.74) is 2.09. The number of rotatable bonds is 11. The second-order valence-corrected chi connectivity index (χ2v) is 9.74. The molecule has 0 saturated heterocycles. The lowest BCUT2D eigenvalue weighted by Crippen LogP contribution is -2.51. The number of amides is 2. The fourth-order valence-corrected chi connectivity index (χ4v) is 5.06. The van der Waals surface area contributed by atoms with Gasteiger partial charge in [-0.3, -0.25) is 19.7 Å². The molecule has 1 saturated carbocycles. The van der Waals surface area contributed by atoms with Gasteiger partial charge in [0, 0.05) is 30.5 Å². The fraction of sp³-hybridized carbons (Fsp3) is 0.462. The molecular weight excluding hydrogens is 450 g/mol. The van der Waals surface area contributed by atoms with Gasteiger partial charge in [-0.05, 0) is 37.3 Å². The first-order valence-corrected chi connectivity index (χ1v) is 13.0. The number of non-ortho nitro benzene ring substituents is 1. The number of carbonyl (C=O) groups is 2. The summed E-state index contributed by atoms with van der Waals surface area (Å²) in [5.74, 6) is 0.647. The quantitative estimate of drug-likeness (QED) is 0.368. The van der Waals surface area contributed by atoms with Crippen LogP contribution in [0.5, 0.6) is 0 Å². The van der Waals surface area contributed by atoms with Gasteiger partial charge in [-0.2, -0.15) is 0 Å². The van der Waals surface area contributed by atoms with Gasteiger partial charge in [0.15, 0.2) is 0 Å². The molecular formula is C26H33N3O4S. The number of nitro groups is 1. The van der Waals surface area contributed by atoms with Gasteiger partial charge < -0.3 is 10.2 Å². The van der Waals surface area contributed by atoms with E-state index in [-0.39, 0.29) is 29.3 Å². The van der Waals surface area contributed by atoms with Gasteiger partial charge in [-0.15, -0.1) is 11.8 Å². The first-order valence-electron chi connectivity index (χ1n) is 11.9. The van der Waals surface area contributed by atoms with Gasteiger partial charge in [0.2, 0.25) is 11.8 Å². The molecule has 2 amide bonds. The number of hydrogen-bond acceptors (Lipinski definition) is 5. The van der Waals surface area contributed by atoms with Gasteiger partial charge in [0.25, 0.3) is 5.69 Å². The van der Waals surface area contributed by atoms with Crippen molar-refractivity contribution >= 4 is 29.3 Å². The van der Waals surface area contributed by atoms with Crippen molar-refractivity contribution in [2.45, 2.75) is 63.3 Å². The molecule has 0 spiro atoms. The van der Waals surface area contributed by atoms with E-state index in [0.29, 0.717) is 18.7 Å². The van der Waals surface area contributed by atoms with Crippen LogP contribution < -0.4 is 5.32 Å². The van der Waals surface area contributed by atoms with E-state index >= 15 is 0 Å². The van der Waals surface area contributed by atoms with Crippen LogP contribution in [0.3, 0.4) is 0 Å². The number of thioether (sulfide) groups is 1. The maximum absolute atomic E-state index is 13.2. The smallest absolute Gasteiger partial charge is 0.269 e. The zero-order valence-electron chi connectivity index (χ0n) is 19.7. The lowest BCUT2D eigenvalue weighted by molar-refractivity contribution is -0.384. The summed E-state index contributed by atoms with van der Waals surface area (Å²) in [6.45, 7) is 2.28. The summed E-state index contributed by atoms with van der Waals surface area (Å²) in [4.78, 5) is 38.2. The molecule has 0 radical (unpaired) electrons. The molecule has 0 aromatic heterocycles. The van der Waals surface area contributed by atoms with E-state index in [0.717, 1.165) is 36.8 Å². The Morgan fingerprint density at radius 2 is 1.74 bits per heavy atom. The van der Waals surface area contributed by atoms with Crippen LogP contribution in [0.1, 0.15) is 50.2 Å². The van der Waals surface area contributed by atoms with Crippen molar-refractivity contribution in [3.63, 3.8) is 0 Å². The van der Waals surface area contributed by atoms with E-state index < -0.39 is 11.0 Å². The third kappa shape index (κ3) is 7.87. The van der Waals surface area contributed by atoms with E-state index in [9.17, 15) is 19.7 Å². The van der Waals surface area contributed by atoms with Crippen LogP contribution >= 0.6 is 11.8 Å². The Morgan fingerprint density at radius 3 is 2.38 bits per heavy atom. The first-order chi connectivity index (χ1) is 16.4. The minimum absolute atomic E-state index is 0.0507. The number of benzene rings is 2. The second-order valence-electron chi connectivity index (χ2n) is 8.76. The average molecular weight is 484 g/mol. The molecule has 8 heteroatoms. The van der Waals surface area contributed by atoms with Crippen molar-refractivity contribution in [1.29, 1.82) is 0 Å². The molecule has 0 aliphatic heterocycles. The van der Waals surface area contributed by atoms with Crippen LogP contribution in [0.2, 0.25) is 0 Å². The standard InChI is InChI=1S/C26H33N3O4S/c1-20(26(31)27-23-10-6-3-7-11-23)28(17-16-21-8-4-2-5-9-21)25(30)19-34-18-22-12-14-24(15-13-22)29(32)33/h2,4-5,8-9,12-15,20,23H,3,6-7,10-11,16-19H2,1H3,(H,27,31)/t20-/m0/s1. The highest BCUT2D eigenvalue weighted by molar-refractivity contribution is 7.99. The van der Waals surface area contributed by atoms with Crippen LogP contribution in [-0.4, -0.2) is 46.0 Å². The Hall–Kier alpha value is -2.87. The number of nitrogens with zero attached hydrogens (tertiary/aromatic N) is 2. The summed E-state index contributed by atoms with van der Waals surface area (Å²) < 4.78 is 0. The topological polar surface area (TPSA) is 92.6 Å². The Labute approximate surface area is 205 Å². The largest absolute Gasteiger partial charge is 0.352 e. The predicted molar refractivity (Wildman–Crippen MR) is 136 cm³/mol. The summed E-state index contributed by atoms with van der Waals surface area (Å²) in [7, 11) is 0. The van der Waals surface area contributed by atoms with Gasteiger partial charge in [-0.25, -0.2) is 0 Å². The molecule has 3 rings (SSSR count). The Kier molecular flexibility index (Phi) is 9.94. The fourth-order valence-electron chi connectivity index (χ4n) is 4.19. The lowest BCUT2D eigenvalue weighted by atomic mass is 9.95. The van der Waals surface area contributed by atoms with Crippen molar-refractivity contribution in [3.05, 3.63) is 75.8 Å². The summed E-state index contributed by atoms with van der Waals surface area (Å²) in [5, 5.41) is 14.0. The molecule has 7 nitrogen and oxygen atoms in total. The van der Waals surface area contributed by atoms with Crippen LogP contribution in [-0.2, 0) is 21.8 Å². The molecule has 0 unspecified atom stereocenters. The van der Waals surface area contributed by atoms with E-state index in [1.807, 2.05) is 37.3 Å². The molecule has 2 aromatic rings. The minimum Gasteiger partial charge on any atom is -0.352 e. The number of hydrogen-bond donors (Lipinski definition) is 1. The normalized spacial score (nSPS) is 14.9. The molecule has 34 heavy (non-hydrogen) atoms. The highest BCUT2D eigenvalue weighted by atomic mass is 32.2. The zero-order valence-corrected chi connectivity index (χ0v) is 20.5. The molecule has 1 aliphatic carbocycles. The minimum atomic E-state index is -0.543. The second kappa shape index (κ2) is 13.1. The maximum Gasteiger partial charge on any atom is 0.269 e. The summed E-state index contributed by atoms with van der Waals surface area (Å²) in [6, 6.07) is 16.0. The predicted octanol–water partition coefficient (Wildman–Crippen LogP) is 4.74. The Balaban J connectivity index is 1.59. The number of nitro benzene ring substituents is 1. The van der Waals surface area contributed by atoms with Crippen LogP contribution in [0.15, 0.2) is 54.6 Å².